The number of imidazole rings is 1. The van der Waals surface area contributed by atoms with Gasteiger partial charge in [0.15, 0.2) is 0 Å². The van der Waals surface area contributed by atoms with Gasteiger partial charge in [-0.3, -0.25) is 15.6 Å². The van der Waals surface area contributed by atoms with E-state index >= 15 is 0 Å². The molecule has 0 saturated carbocycles. The molecule has 204 valence electrons. The molecule has 2 aromatic carbocycles. The van der Waals surface area contributed by atoms with Gasteiger partial charge in [-0.2, -0.15) is 0 Å². The van der Waals surface area contributed by atoms with E-state index in [0.29, 0.717) is 39.0 Å². The number of aliphatic hydroxyl groups excluding tert-OH is 1. The van der Waals surface area contributed by atoms with Crippen LogP contribution in [0.15, 0.2) is 85.6 Å². The summed E-state index contributed by atoms with van der Waals surface area (Å²) in [5.74, 6) is 9.98. The molecule has 0 radical (unpaired) electrons. The fraction of sp³-hybridized carbons (Fsp3) is 0.100. The molecule has 3 heterocycles. The van der Waals surface area contributed by atoms with Crippen molar-refractivity contribution in [1.29, 1.82) is 0 Å². The van der Waals surface area contributed by atoms with Crippen molar-refractivity contribution in [3.8, 4) is 23.1 Å². The SMILES string of the molecule is NNC(O)c1cc(-c2ccc(C#Cc3ccc(C(=O)NC(Cc4c[nH]cn4)C(=O)O)cc3)cc2)nc2ccncc12. The van der Waals surface area contributed by atoms with E-state index in [-0.39, 0.29) is 6.42 Å². The standard InChI is InChI=1S/C30H25N7O4/c31-37-29(39)23-14-26(35-25-11-12-32-16-24(23)25)20-7-3-18(4-8-20)1-2-19-5-9-21(10-6-19)28(38)36-27(30(40)41)13-22-15-33-17-34-22/h3-12,14-17,27,29,37,39H,13,31H2,(H,33,34)(H,36,38)(H,40,41). The van der Waals surface area contributed by atoms with Crippen molar-refractivity contribution in [1.82, 2.24) is 30.7 Å². The number of carboxylic acids is 1. The number of nitrogens with one attached hydrogen (secondary N) is 3. The minimum absolute atomic E-state index is 0.0648. The number of amides is 1. The lowest BCUT2D eigenvalue weighted by Gasteiger charge is -2.14. The number of aromatic amines is 1. The molecule has 2 atom stereocenters. The Morgan fingerprint density at radius 3 is 2.37 bits per heavy atom. The molecule has 0 fully saturated rings. The number of H-pyrrole nitrogens is 1. The number of benzene rings is 2. The van der Waals surface area contributed by atoms with Gasteiger partial charge < -0.3 is 20.5 Å². The third-order valence-electron chi connectivity index (χ3n) is 6.35. The number of nitrogens with zero attached hydrogens (tertiary/aromatic N) is 3. The van der Waals surface area contributed by atoms with Crippen LogP contribution in [0.1, 0.15) is 39.0 Å². The van der Waals surface area contributed by atoms with Gasteiger partial charge in [-0.05, 0) is 48.5 Å². The molecule has 11 nitrogen and oxygen atoms in total. The zero-order valence-corrected chi connectivity index (χ0v) is 21.6. The van der Waals surface area contributed by atoms with Gasteiger partial charge in [-0.15, -0.1) is 0 Å². The average molecular weight is 548 g/mol. The number of carbonyl (C=O) groups is 2. The maximum atomic E-state index is 12.6. The molecule has 0 bridgehead atoms. The highest BCUT2D eigenvalue weighted by Crippen LogP contribution is 2.27. The molecule has 3 aromatic heterocycles. The first-order chi connectivity index (χ1) is 19.9. The summed E-state index contributed by atoms with van der Waals surface area (Å²) in [6.07, 6.45) is 5.30. The van der Waals surface area contributed by atoms with E-state index in [9.17, 15) is 19.8 Å². The Bertz CT molecular complexity index is 1740. The second-order valence-electron chi connectivity index (χ2n) is 9.09. The van der Waals surface area contributed by atoms with Crippen LogP contribution >= 0.6 is 0 Å². The summed E-state index contributed by atoms with van der Waals surface area (Å²) in [6.45, 7) is 0. The molecule has 0 saturated heterocycles. The monoisotopic (exact) mass is 547 g/mol. The van der Waals surface area contributed by atoms with E-state index < -0.39 is 24.1 Å². The van der Waals surface area contributed by atoms with E-state index in [2.05, 4.69) is 42.5 Å². The molecule has 41 heavy (non-hydrogen) atoms. The number of fused-ring (bicyclic) bond motifs is 1. The minimum Gasteiger partial charge on any atom is -0.480 e. The summed E-state index contributed by atoms with van der Waals surface area (Å²) in [5.41, 5.74) is 7.42. The topological polar surface area (TPSA) is 179 Å². The van der Waals surface area contributed by atoms with Gasteiger partial charge in [0.25, 0.3) is 5.91 Å². The largest absolute Gasteiger partial charge is 0.480 e. The van der Waals surface area contributed by atoms with Gasteiger partial charge in [-0.25, -0.2) is 20.2 Å². The number of pyridine rings is 2. The molecule has 0 aliphatic rings. The number of rotatable bonds is 8. The molecule has 5 aromatic rings. The molecule has 2 unspecified atom stereocenters. The highest BCUT2D eigenvalue weighted by Gasteiger charge is 2.22. The predicted octanol–water partition coefficient (Wildman–Crippen LogP) is 2.30. The van der Waals surface area contributed by atoms with Gasteiger partial charge in [0, 0.05) is 58.2 Å². The zero-order chi connectivity index (χ0) is 28.8. The Balaban J connectivity index is 1.28. The number of carbonyl (C=O) groups excluding carboxylic acids is 1. The summed E-state index contributed by atoms with van der Waals surface area (Å²) in [4.78, 5) is 39.8. The number of aromatic nitrogens is 4. The second kappa shape index (κ2) is 12.2. The van der Waals surface area contributed by atoms with Crippen molar-refractivity contribution in [2.45, 2.75) is 18.7 Å². The lowest BCUT2D eigenvalue weighted by molar-refractivity contribution is -0.139. The predicted molar refractivity (Wildman–Crippen MR) is 151 cm³/mol. The Labute approximate surface area is 234 Å². The van der Waals surface area contributed by atoms with Crippen LogP contribution in [0.4, 0.5) is 0 Å². The first kappa shape index (κ1) is 27.2. The number of aliphatic carboxylic acids is 1. The molecule has 0 aliphatic heterocycles. The summed E-state index contributed by atoms with van der Waals surface area (Å²) >= 11 is 0. The number of carboxylic acid groups (broad SMARTS) is 1. The Hall–Kier alpha value is -5.41. The zero-order valence-electron chi connectivity index (χ0n) is 21.6. The molecule has 0 spiro atoms. The van der Waals surface area contributed by atoms with Crippen LogP contribution in [0.25, 0.3) is 22.2 Å². The van der Waals surface area contributed by atoms with Crippen LogP contribution in [0, 0.1) is 11.8 Å². The van der Waals surface area contributed by atoms with E-state index in [1.807, 2.05) is 24.3 Å². The molecular formula is C30H25N7O4. The van der Waals surface area contributed by atoms with E-state index in [1.165, 1.54) is 6.33 Å². The van der Waals surface area contributed by atoms with E-state index in [0.717, 1.165) is 11.1 Å². The van der Waals surface area contributed by atoms with Crippen LogP contribution in [0.2, 0.25) is 0 Å². The number of aliphatic hydroxyl groups is 1. The van der Waals surface area contributed by atoms with E-state index in [1.54, 1.807) is 55.0 Å². The van der Waals surface area contributed by atoms with Crippen molar-refractivity contribution in [2.24, 2.45) is 5.84 Å². The first-order valence-corrected chi connectivity index (χ1v) is 12.5. The maximum absolute atomic E-state index is 12.6. The van der Waals surface area contributed by atoms with Gasteiger partial charge in [0.05, 0.1) is 23.2 Å². The summed E-state index contributed by atoms with van der Waals surface area (Å²) in [5, 5.41) is 23.0. The number of nitrogens with two attached hydrogens (primary N) is 1. The normalized spacial score (nSPS) is 12.2. The number of hydrogen-bond acceptors (Lipinski definition) is 8. The van der Waals surface area contributed by atoms with Crippen LogP contribution in [0.5, 0.6) is 0 Å². The van der Waals surface area contributed by atoms with Crippen molar-refractivity contribution in [3.63, 3.8) is 0 Å². The lowest BCUT2D eigenvalue weighted by Crippen LogP contribution is -2.42. The fourth-order valence-corrected chi connectivity index (χ4v) is 4.18. The van der Waals surface area contributed by atoms with Crippen LogP contribution in [0.3, 0.4) is 0 Å². The summed E-state index contributed by atoms with van der Waals surface area (Å²) < 4.78 is 0. The molecular weight excluding hydrogens is 522 g/mol. The highest BCUT2D eigenvalue weighted by molar-refractivity contribution is 5.96. The minimum atomic E-state index is -1.14. The van der Waals surface area contributed by atoms with Gasteiger partial charge in [0.2, 0.25) is 0 Å². The van der Waals surface area contributed by atoms with Gasteiger partial charge in [-0.1, -0.05) is 24.0 Å². The first-order valence-electron chi connectivity index (χ1n) is 12.5. The quantitative estimate of drug-likeness (QED) is 0.0736. The Morgan fingerprint density at radius 2 is 1.73 bits per heavy atom. The second-order valence-corrected chi connectivity index (χ2v) is 9.09. The summed E-state index contributed by atoms with van der Waals surface area (Å²) in [7, 11) is 0. The third-order valence-corrected chi connectivity index (χ3v) is 6.35. The van der Waals surface area contributed by atoms with Crippen molar-refractivity contribution in [3.05, 3.63) is 114 Å². The van der Waals surface area contributed by atoms with Gasteiger partial charge >= 0.3 is 5.97 Å². The van der Waals surface area contributed by atoms with Crippen LogP contribution in [-0.2, 0) is 11.2 Å². The average Bonchev–Trinajstić information content (AvgIpc) is 3.52. The maximum Gasteiger partial charge on any atom is 0.326 e. The van der Waals surface area contributed by atoms with Gasteiger partial charge in [0.1, 0.15) is 12.3 Å². The molecule has 7 N–H and O–H groups in total. The van der Waals surface area contributed by atoms with Crippen molar-refractivity contribution < 1.29 is 19.8 Å². The van der Waals surface area contributed by atoms with Crippen LogP contribution in [-0.4, -0.2) is 48.1 Å². The molecule has 0 aliphatic carbocycles. The molecule has 11 heteroatoms. The number of hydrazine groups is 1. The molecule has 1 amide bonds. The summed E-state index contributed by atoms with van der Waals surface area (Å²) in [6, 6.07) is 16.5. The van der Waals surface area contributed by atoms with Crippen molar-refractivity contribution >= 4 is 22.8 Å². The Kier molecular flexibility index (Phi) is 8.08. The number of hydrogen-bond donors (Lipinski definition) is 6. The third kappa shape index (κ3) is 6.43. The van der Waals surface area contributed by atoms with E-state index in [4.69, 9.17) is 5.84 Å². The van der Waals surface area contributed by atoms with Crippen molar-refractivity contribution in [2.75, 3.05) is 0 Å². The smallest absolute Gasteiger partial charge is 0.326 e. The lowest BCUT2D eigenvalue weighted by atomic mass is 10.0. The molecule has 5 rings (SSSR count). The Morgan fingerprint density at radius 1 is 1.02 bits per heavy atom. The fourth-order valence-electron chi connectivity index (χ4n) is 4.18. The van der Waals surface area contributed by atoms with Crippen LogP contribution < -0.4 is 16.6 Å². The highest BCUT2D eigenvalue weighted by atomic mass is 16.4.